The Morgan fingerprint density at radius 3 is 2.48 bits per heavy atom. The van der Waals surface area contributed by atoms with Crippen LogP contribution in [0.15, 0.2) is 43.3 Å². The average molecular weight is 369 g/mol. The number of nitro benzene ring substituents is 1. The molecule has 0 radical (unpaired) electrons. The van der Waals surface area contributed by atoms with E-state index in [2.05, 4.69) is 4.52 Å². The van der Waals surface area contributed by atoms with Crippen molar-refractivity contribution in [3.05, 3.63) is 55.4 Å². The highest BCUT2D eigenvalue weighted by molar-refractivity contribution is 7.89. The summed E-state index contributed by atoms with van der Waals surface area (Å²) in [5.74, 6) is -1.05. The van der Waals surface area contributed by atoms with Gasteiger partial charge in [-0.2, -0.15) is 8.42 Å². The molecule has 1 aliphatic carbocycles. The predicted molar refractivity (Wildman–Crippen MR) is 85.0 cm³/mol. The van der Waals surface area contributed by atoms with Crippen molar-refractivity contribution in [2.45, 2.75) is 43.0 Å². The van der Waals surface area contributed by atoms with Crippen molar-refractivity contribution in [1.82, 2.24) is 8.71 Å². The minimum absolute atomic E-state index is 0.00297. The lowest BCUT2D eigenvalue weighted by molar-refractivity contribution is -0.385. The maximum absolute atomic E-state index is 12.6. The van der Waals surface area contributed by atoms with Crippen LogP contribution in [0.5, 0.6) is 0 Å². The van der Waals surface area contributed by atoms with Gasteiger partial charge in [0.1, 0.15) is 0 Å². The molecule has 1 fully saturated rings. The first-order valence-corrected chi connectivity index (χ1v) is 9.11. The van der Waals surface area contributed by atoms with E-state index in [0.29, 0.717) is 12.8 Å². The standard InChI is InChI=1S/C14H15N3O7S/c18-13-15(10-5-2-1-3-6-10)14(19)24-17(13)25(22,23)12-8-4-7-11(9-12)16(20)21/h4,7-10H,1-3,5-6H2. The highest BCUT2D eigenvalue weighted by Crippen LogP contribution is 2.26. The molecular weight excluding hydrogens is 354 g/mol. The van der Waals surface area contributed by atoms with Crippen LogP contribution in [0.25, 0.3) is 0 Å². The average Bonchev–Trinajstić information content (AvgIpc) is 2.91. The van der Waals surface area contributed by atoms with Gasteiger partial charge in [0.25, 0.3) is 15.7 Å². The second-order valence-electron chi connectivity index (χ2n) is 5.79. The van der Waals surface area contributed by atoms with Crippen LogP contribution in [0.3, 0.4) is 0 Å². The number of nitro groups is 1. The minimum atomic E-state index is -4.55. The van der Waals surface area contributed by atoms with E-state index in [1.807, 2.05) is 0 Å². The molecule has 1 aromatic carbocycles. The van der Waals surface area contributed by atoms with E-state index in [4.69, 9.17) is 0 Å². The molecule has 0 atom stereocenters. The fourth-order valence-corrected chi connectivity index (χ4v) is 4.14. The molecule has 0 amide bonds. The summed E-state index contributed by atoms with van der Waals surface area (Å²) in [5, 5.41) is 10.8. The molecule has 3 rings (SSSR count). The van der Waals surface area contributed by atoms with E-state index < -0.39 is 43.0 Å². The monoisotopic (exact) mass is 369 g/mol. The van der Waals surface area contributed by atoms with Gasteiger partial charge in [-0.3, -0.25) is 10.1 Å². The maximum atomic E-state index is 12.6. The molecule has 0 unspecified atom stereocenters. The molecule has 1 saturated carbocycles. The Kier molecular flexibility index (Phi) is 4.33. The summed E-state index contributed by atoms with van der Waals surface area (Å²) >= 11 is 0. The third-order valence-electron chi connectivity index (χ3n) is 4.20. The molecule has 10 nitrogen and oxygen atoms in total. The molecule has 1 aliphatic rings. The Labute approximate surface area is 141 Å². The van der Waals surface area contributed by atoms with Crippen LogP contribution in [0.4, 0.5) is 5.69 Å². The number of hydrogen-bond acceptors (Lipinski definition) is 7. The van der Waals surface area contributed by atoms with Gasteiger partial charge in [0.05, 0.1) is 9.82 Å². The normalized spacial score (nSPS) is 16.0. The maximum Gasteiger partial charge on any atom is 0.443 e. The van der Waals surface area contributed by atoms with Crippen LogP contribution >= 0.6 is 0 Å². The number of nitrogens with zero attached hydrogens (tertiary/aromatic N) is 3. The fourth-order valence-electron chi connectivity index (χ4n) is 2.97. The molecule has 11 heteroatoms. The second kappa shape index (κ2) is 6.31. The summed E-state index contributed by atoms with van der Waals surface area (Å²) in [6.45, 7) is 0. The van der Waals surface area contributed by atoms with Gasteiger partial charge >= 0.3 is 11.4 Å². The molecule has 1 heterocycles. The first kappa shape index (κ1) is 17.1. The Balaban J connectivity index is 2.10. The predicted octanol–water partition coefficient (Wildman–Crippen LogP) is 1.25. The molecule has 0 N–H and O–H groups in total. The van der Waals surface area contributed by atoms with Crippen LogP contribution in [-0.4, -0.2) is 22.1 Å². The molecular formula is C14H15N3O7S. The van der Waals surface area contributed by atoms with Crippen molar-refractivity contribution in [2.75, 3.05) is 0 Å². The van der Waals surface area contributed by atoms with Crippen molar-refractivity contribution in [1.29, 1.82) is 0 Å². The van der Waals surface area contributed by atoms with E-state index >= 15 is 0 Å². The molecule has 1 aromatic heterocycles. The second-order valence-corrected chi connectivity index (χ2v) is 7.54. The van der Waals surface area contributed by atoms with E-state index in [1.165, 1.54) is 6.07 Å². The number of aromatic nitrogens is 2. The summed E-state index contributed by atoms with van der Waals surface area (Å²) in [4.78, 5) is 34.0. The first-order chi connectivity index (χ1) is 11.8. The zero-order valence-corrected chi connectivity index (χ0v) is 13.8. The van der Waals surface area contributed by atoms with Crippen molar-refractivity contribution >= 4 is 15.7 Å². The molecule has 0 spiro atoms. The molecule has 0 bridgehead atoms. The third kappa shape index (κ3) is 3.02. The van der Waals surface area contributed by atoms with Crippen molar-refractivity contribution in [3.63, 3.8) is 0 Å². The number of rotatable bonds is 4. The highest BCUT2D eigenvalue weighted by Gasteiger charge is 2.30. The van der Waals surface area contributed by atoms with Gasteiger partial charge in [-0.25, -0.2) is 14.2 Å². The summed E-state index contributed by atoms with van der Waals surface area (Å²) < 4.78 is 30.6. The van der Waals surface area contributed by atoms with Gasteiger partial charge in [0.15, 0.2) is 0 Å². The Hall–Kier alpha value is -2.69. The van der Waals surface area contributed by atoms with Gasteiger partial charge in [0.2, 0.25) is 0 Å². The van der Waals surface area contributed by atoms with Gasteiger partial charge in [-0.05, 0) is 23.1 Å². The first-order valence-electron chi connectivity index (χ1n) is 7.67. The van der Waals surface area contributed by atoms with E-state index in [1.54, 1.807) is 0 Å². The van der Waals surface area contributed by atoms with Crippen molar-refractivity contribution in [2.24, 2.45) is 0 Å². The van der Waals surface area contributed by atoms with E-state index in [9.17, 15) is 28.1 Å². The van der Waals surface area contributed by atoms with Crippen LogP contribution in [0.1, 0.15) is 38.1 Å². The zero-order chi connectivity index (χ0) is 18.2. The van der Waals surface area contributed by atoms with Crippen LogP contribution in [0.2, 0.25) is 0 Å². The quantitative estimate of drug-likeness (QED) is 0.584. The SMILES string of the molecule is O=c1on(S(=O)(=O)c2cccc([N+](=O)[O-])c2)c(=O)n1C1CCCCC1. The fraction of sp³-hybridized carbons (Fsp3) is 0.429. The van der Waals surface area contributed by atoms with Crippen LogP contribution < -0.4 is 11.4 Å². The van der Waals surface area contributed by atoms with Crippen molar-refractivity contribution in [3.8, 4) is 0 Å². The number of hydrogen-bond donors (Lipinski definition) is 0. The molecule has 134 valence electrons. The summed E-state index contributed by atoms with van der Waals surface area (Å²) in [6, 6.07) is 3.78. The van der Waals surface area contributed by atoms with E-state index in [0.717, 1.165) is 42.0 Å². The Morgan fingerprint density at radius 2 is 1.84 bits per heavy atom. The van der Waals surface area contributed by atoms with Crippen LogP contribution in [-0.2, 0) is 10.0 Å². The van der Waals surface area contributed by atoms with Crippen LogP contribution in [0, 0.1) is 10.1 Å². The molecule has 25 heavy (non-hydrogen) atoms. The number of benzene rings is 1. The highest BCUT2D eigenvalue weighted by atomic mass is 32.2. The van der Waals surface area contributed by atoms with Gasteiger partial charge in [-0.15, -0.1) is 0 Å². The van der Waals surface area contributed by atoms with Crippen molar-refractivity contribution < 1.29 is 17.9 Å². The third-order valence-corrected chi connectivity index (χ3v) is 5.72. The Morgan fingerprint density at radius 1 is 1.16 bits per heavy atom. The van der Waals surface area contributed by atoms with Gasteiger partial charge in [-0.1, -0.05) is 25.3 Å². The lowest BCUT2D eigenvalue weighted by atomic mass is 9.95. The minimum Gasteiger partial charge on any atom is -0.301 e. The van der Waals surface area contributed by atoms with Gasteiger partial charge in [0, 0.05) is 18.2 Å². The molecule has 2 aromatic rings. The van der Waals surface area contributed by atoms with E-state index in [-0.39, 0.29) is 4.15 Å². The summed E-state index contributed by atoms with van der Waals surface area (Å²) in [5.41, 5.74) is -1.55. The summed E-state index contributed by atoms with van der Waals surface area (Å²) in [6.07, 6.45) is 3.83. The zero-order valence-electron chi connectivity index (χ0n) is 13.0. The molecule has 0 saturated heterocycles. The lowest BCUT2D eigenvalue weighted by Crippen LogP contribution is -2.35. The molecule has 0 aliphatic heterocycles. The summed E-state index contributed by atoms with van der Waals surface area (Å²) in [7, 11) is -4.55. The Bertz CT molecular complexity index is 1030. The number of non-ortho nitro benzene ring substituents is 1. The van der Waals surface area contributed by atoms with Gasteiger partial charge < -0.3 is 4.52 Å². The largest absolute Gasteiger partial charge is 0.443 e. The topological polar surface area (TPSA) is 134 Å². The smallest absolute Gasteiger partial charge is 0.301 e. The lowest BCUT2D eigenvalue weighted by Gasteiger charge is -2.20.